The Morgan fingerprint density at radius 3 is 2.50 bits per heavy atom. The molecule has 0 bridgehead atoms. The molecule has 0 atom stereocenters. The Morgan fingerprint density at radius 2 is 2.06 bits per heavy atom. The maximum atomic E-state index is 13.0. The molecule has 0 saturated carbocycles. The minimum absolute atomic E-state index is 0.0334. The van der Waals surface area contributed by atoms with Crippen molar-refractivity contribution in [3.05, 3.63) is 34.4 Å². The van der Waals surface area contributed by atoms with E-state index in [1.54, 1.807) is 19.1 Å². The van der Waals surface area contributed by atoms with Crippen LogP contribution >= 0.6 is 0 Å². The van der Waals surface area contributed by atoms with Crippen LogP contribution in [0.3, 0.4) is 0 Å². The summed E-state index contributed by atoms with van der Waals surface area (Å²) in [6.07, 6.45) is -2.55. The molecule has 1 aromatic carbocycles. The van der Waals surface area contributed by atoms with Crippen LogP contribution in [-0.4, -0.2) is 13.1 Å². The molecule has 1 rings (SSSR count). The van der Waals surface area contributed by atoms with Crippen molar-refractivity contribution in [1.29, 1.82) is 5.26 Å². The van der Waals surface area contributed by atoms with Crippen molar-refractivity contribution < 1.29 is 18.3 Å². The Bertz CT molecular complexity index is 492. The Hall–Kier alpha value is -1.96. The fourth-order valence-corrected chi connectivity index (χ4v) is 1.77. The zero-order valence-corrected chi connectivity index (χ0v) is 10.2. The summed E-state index contributed by atoms with van der Waals surface area (Å²) < 4.78 is 30.5. The monoisotopic (exact) mass is 253 g/mol. The lowest BCUT2D eigenvalue weighted by molar-refractivity contribution is -0.139. The van der Waals surface area contributed by atoms with Crippen molar-refractivity contribution in [2.24, 2.45) is 0 Å². The Morgan fingerprint density at radius 1 is 1.44 bits per heavy atom. The van der Waals surface area contributed by atoms with E-state index in [2.05, 4.69) is 4.74 Å². The predicted molar refractivity (Wildman–Crippen MR) is 61.2 cm³/mol. The molecule has 0 aliphatic heterocycles. The second-order valence-corrected chi connectivity index (χ2v) is 3.69. The number of hydrogen-bond acceptors (Lipinski definition) is 3. The lowest BCUT2D eigenvalue weighted by Gasteiger charge is -2.12. The van der Waals surface area contributed by atoms with E-state index in [0.717, 1.165) is 0 Å². The molecular formula is C13H13F2NO2. The van der Waals surface area contributed by atoms with E-state index in [-0.39, 0.29) is 23.1 Å². The van der Waals surface area contributed by atoms with E-state index in [9.17, 15) is 13.6 Å². The molecule has 0 N–H and O–H groups in total. The minimum Gasteiger partial charge on any atom is -0.469 e. The fraction of sp³-hybridized carbons (Fsp3) is 0.385. The number of methoxy groups -OCH3 is 1. The van der Waals surface area contributed by atoms with Gasteiger partial charge in [0.25, 0.3) is 6.43 Å². The Kier molecular flexibility index (Phi) is 4.78. The molecule has 5 heteroatoms. The molecule has 0 unspecified atom stereocenters. The van der Waals surface area contributed by atoms with Gasteiger partial charge in [-0.15, -0.1) is 0 Å². The van der Waals surface area contributed by atoms with Crippen LogP contribution in [0.25, 0.3) is 0 Å². The van der Waals surface area contributed by atoms with Crippen molar-refractivity contribution in [2.45, 2.75) is 26.2 Å². The number of benzene rings is 1. The molecule has 0 aromatic heterocycles. The van der Waals surface area contributed by atoms with Crippen molar-refractivity contribution >= 4 is 5.97 Å². The summed E-state index contributed by atoms with van der Waals surface area (Å²) >= 11 is 0. The zero-order valence-electron chi connectivity index (χ0n) is 10.2. The number of carbonyl (C=O) groups excluding carboxylic acids is 1. The van der Waals surface area contributed by atoms with Gasteiger partial charge in [0, 0.05) is 5.56 Å². The van der Waals surface area contributed by atoms with Gasteiger partial charge in [0.05, 0.1) is 25.2 Å². The van der Waals surface area contributed by atoms with Crippen LogP contribution in [0.1, 0.15) is 35.6 Å². The number of ether oxygens (including phenoxy) is 1. The molecule has 0 aliphatic rings. The SMILES string of the molecule is CCc1ccc(CC(=O)OC)c(C(F)F)c1C#N. The molecule has 0 heterocycles. The summed E-state index contributed by atoms with van der Waals surface area (Å²) in [7, 11) is 1.19. The van der Waals surface area contributed by atoms with Crippen molar-refractivity contribution in [1.82, 2.24) is 0 Å². The summed E-state index contributed by atoms with van der Waals surface area (Å²) in [5, 5.41) is 9.00. The van der Waals surface area contributed by atoms with Gasteiger partial charge in [-0.2, -0.15) is 5.26 Å². The average molecular weight is 253 g/mol. The minimum atomic E-state index is -2.79. The summed E-state index contributed by atoms with van der Waals surface area (Å²) in [4.78, 5) is 11.2. The van der Waals surface area contributed by atoms with Gasteiger partial charge in [-0.1, -0.05) is 19.1 Å². The lowest BCUT2D eigenvalue weighted by Crippen LogP contribution is -2.09. The van der Waals surface area contributed by atoms with Crippen LogP contribution in [-0.2, 0) is 22.4 Å². The van der Waals surface area contributed by atoms with Gasteiger partial charge in [-0.05, 0) is 17.5 Å². The fourth-order valence-electron chi connectivity index (χ4n) is 1.77. The van der Waals surface area contributed by atoms with Crippen LogP contribution in [0.4, 0.5) is 8.78 Å². The van der Waals surface area contributed by atoms with Crippen LogP contribution < -0.4 is 0 Å². The molecule has 0 radical (unpaired) electrons. The zero-order chi connectivity index (χ0) is 13.7. The third-order valence-corrected chi connectivity index (χ3v) is 2.70. The highest BCUT2D eigenvalue weighted by atomic mass is 19.3. The number of nitriles is 1. The number of hydrogen-bond donors (Lipinski definition) is 0. The number of halogens is 2. The molecule has 0 fully saturated rings. The van der Waals surface area contributed by atoms with Gasteiger partial charge in [0.2, 0.25) is 0 Å². The first-order chi connectivity index (χ1) is 8.54. The third kappa shape index (κ3) is 2.83. The highest BCUT2D eigenvalue weighted by Crippen LogP contribution is 2.29. The first kappa shape index (κ1) is 14.1. The lowest BCUT2D eigenvalue weighted by atomic mass is 9.94. The standard InChI is InChI=1S/C13H13F2NO2/c1-3-8-4-5-9(6-11(17)18-2)12(13(14)15)10(8)7-16/h4-5,13H,3,6H2,1-2H3. The Balaban J connectivity index is 3.36. The van der Waals surface area contributed by atoms with E-state index >= 15 is 0 Å². The maximum absolute atomic E-state index is 13.0. The van der Waals surface area contributed by atoms with Crippen LogP contribution in [0.5, 0.6) is 0 Å². The van der Waals surface area contributed by atoms with Crippen molar-refractivity contribution in [2.75, 3.05) is 7.11 Å². The smallest absolute Gasteiger partial charge is 0.309 e. The number of alkyl halides is 2. The van der Waals surface area contributed by atoms with E-state index < -0.39 is 12.4 Å². The molecule has 0 aliphatic carbocycles. The highest BCUT2D eigenvalue weighted by Gasteiger charge is 2.21. The van der Waals surface area contributed by atoms with E-state index in [1.165, 1.54) is 13.2 Å². The first-order valence-electron chi connectivity index (χ1n) is 5.44. The van der Waals surface area contributed by atoms with E-state index in [1.807, 2.05) is 0 Å². The number of nitrogens with zero attached hydrogens (tertiary/aromatic N) is 1. The molecule has 0 spiro atoms. The molecular weight excluding hydrogens is 240 g/mol. The first-order valence-corrected chi connectivity index (χ1v) is 5.44. The van der Waals surface area contributed by atoms with Gasteiger partial charge in [-0.3, -0.25) is 4.79 Å². The molecule has 1 aromatic rings. The van der Waals surface area contributed by atoms with E-state index in [4.69, 9.17) is 5.26 Å². The highest BCUT2D eigenvalue weighted by molar-refractivity contribution is 5.73. The van der Waals surface area contributed by atoms with Crippen LogP contribution in [0.15, 0.2) is 12.1 Å². The molecule has 0 amide bonds. The molecule has 3 nitrogen and oxygen atoms in total. The van der Waals surface area contributed by atoms with Crippen LogP contribution in [0, 0.1) is 11.3 Å². The topological polar surface area (TPSA) is 50.1 Å². The van der Waals surface area contributed by atoms with Crippen molar-refractivity contribution in [3.8, 4) is 6.07 Å². The number of rotatable bonds is 4. The van der Waals surface area contributed by atoms with Gasteiger partial charge >= 0.3 is 5.97 Å². The number of carbonyl (C=O) groups is 1. The maximum Gasteiger partial charge on any atom is 0.309 e. The quantitative estimate of drug-likeness (QED) is 0.775. The normalized spacial score (nSPS) is 10.2. The second-order valence-electron chi connectivity index (χ2n) is 3.69. The summed E-state index contributed by atoms with van der Waals surface area (Å²) in [5.41, 5.74) is 0.308. The van der Waals surface area contributed by atoms with Gasteiger partial charge in [0.1, 0.15) is 0 Å². The molecule has 18 heavy (non-hydrogen) atoms. The summed E-state index contributed by atoms with van der Waals surface area (Å²) in [6.45, 7) is 1.78. The summed E-state index contributed by atoms with van der Waals surface area (Å²) in [5.74, 6) is -0.606. The molecule has 0 saturated heterocycles. The average Bonchev–Trinajstić information content (AvgIpc) is 2.37. The van der Waals surface area contributed by atoms with Crippen molar-refractivity contribution in [3.63, 3.8) is 0 Å². The van der Waals surface area contributed by atoms with Gasteiger partial charge in [0.15, 0.2) is 0 Å². The van der Waals surface area contributed by atoms with Crippen LogP contribution in [0.2, 0.25) is 0 Å². The largest absolute Gasteiger partial charge is 0.469 e. The van der Waals surface area contributed by atoms with Gasteiger partial charge < -0.3 is 4.74 Å². The molecule has 96 valence electrons. The summed E-state index contributed by atoms with van der Waals surface area (Å²) in [6, 6.07) is 4.85. The Labute approximate surface area is 104 Å². The van der Waals surface area contributed by atoms with E-state index in [0.29, 0.717) is 12.0 Å². The predicted octanol–water partition coefficient (Wildman–Crippen LogP) is 2.77. The second kappa shape index (κ2) is 6.10. The number of aryl methyl sites for hydroxylation is 1. The third-order valence-electron chi connectivity index (χ3n) is 2.70. The van der Waals surface area contributed by atoms with Gasteiger partial charge in [-0.25, -0.2) is 8.78 Å². The number of esters is 1.